The smallest absolute Gasteiger partial charge is 0.409 e. The number of ether oxygens (including phenoxy) is 1. The van der Waals surface area contributed by atoms with Gasteiger partial charge in [-0.05, 0) is 37.0 Å². The van der Waals surface area contributed by atoms with Crippen molar-refractivity contribution in [3.8, 4) is 0 Å². The highest BCUT2D eigenvalue weighted by Gasteiger charge is 2.27. The summed E-state index contributed by atoms with van der Waals surface area (Å²) >= 11 is 12.0. The lowest BCUT2D eigenvalue weighted by molar-refractivity contribution is -0.126. The zero-order valence-corrected chi connectivity index (χ0v) is 14.5. The summed E-state index contributed by atoms with van der Waals surface area (Å²) in [5.74, 6) is -0.0313. The lowest BCUT2D eigenvalue weighted by Gasteiger charge is -2.30. The van der Waals surface area contributed by atoms with E-state index < -0.39 is 0 Å². The zero-order chi connectivity index (χ0) is 16.8. The number of nitrogens with one attached hydrogen (secondary N) is 1. The summed E-state index contributed by atoms with van der Waals surface area (Å²) in [5.41, 5.74) is 0.955. The molecule has 0 radical (unpaired) electrons. The monoisotopic (exact) mass is 358 g/mol. The van der Waals surface area contributed by atoms with Gasteiger partial charge in [0.15, 0.2) is 0 Å². The topological polar surface area (TPSA) is 58.6 Å². The Morgan fingerprint density at radius 2 is 2.00 bits per heavy atom. The number of hydrogen-bond donors (Lipinski definition) is 1. The SMILES string of the molecule is COC(=O)N1CCC(C(=O)NCCc2ccc(Cl)cc2Cl)CC1. The predicted octanol–water partition coefficient (Wildman–Crippen LogP) is 3.13. The standard InChI is InChI=1S/C16H20Cl2N2O3/c1-23-16(22)20-8-5-12(6-9-20)15(21)19-7-4-11-2-3-13(17)10-14(11)18/h2-3,10,12H,4-9H2,1H3,(H,19,21). The van der Waals surface area contributed by atoms with Gasteiger partial charge in [-0.15, -0.1) is 0 Å². The fourth-order valence-electron chi connectivity index (χ4n) is 2.64. The van der Waals surface area contributed by atoms with E-state index in [-0.39, 0.29) is 17.9 Å². The second-order valence-corrected chi connectivity index (χ2v) is 6.35. The maximum absolute atomic E-state index is 12.2. The summed E-state index contributed by atoms with van der Waals surface area (Å²) in [6.45, 7) is 1.62. The van der Waals surface area contributed by atoms with Crippen LogP contribution < -0.4 is 5.32 Å². The van der Waals surface area contributed by atoms with E-state index in [1.54, 1.807) is 17.0 Å². The van der Waals surface area contributed by atoms with E-state index in [2.05, 4.69) is 10.1 Å². The molecular weight excluding hydrogens is 339 g/mol. The normalized spacial score (nSPS) is 15.3. The Morgan fingerprint density at radius 1 is 1.30 bits per heavy atom. The number of nitrogens with zero attached hydrogens (tertiary/aromatic N) is 1. The molecule has 1 N–H and O–H groups in total. The number of piperidine rings is 1. The Balaban J connectivity index is 1.74. The first-order chi connectivity index (χ1) is 11.0. The predicted molar refractivity (Wildman–Crippen MR) is 89.9 cm³/mol. The number of halogens is 2. The van der Waals surface area contributed by atoms with Crippen LogP contribution in [0.15, 0.2) is 18.2 Å². The lowest BCUT2D eigenvalue weighted by Crippen LogP contribution is -2.43. The van der Waals surface area contributed by atoms with Crippen LogP contribution in [0.4, 0.5) is 4.79 Å². The van der Waals surface area contributed by atoms with Gasteiger partial charge in [0.25, 0.3) is 0 Å². The van der Waals surface area contributed by atoms with Crippen molar-refractivity contribution in [2.75, 3.05) is 26.7 Å². The number of amides is 2. The molecule has 1 aliphatic heterocycles. The molecule has 1 aliphatic rings. The van der Waals surface area contributed by atoms with Gasteiger partial charge in [-0.3, -0.25) is 4.79 Å². The van der Waals surface area contributed by atoms with Gasteiger partial charge in [0.05, 0.1) is 7.11 Å². The van der Waals surface area contributed by atoms with Gasteiger partial charge < -0.3 is 15.0 Å². The summed E-state index contributed by atoms with van der Waals surface area (Å²) in [7, 11) is 1.36. The van der Waals surface area contributed by atoms with E-state index in [1.807, 2.05) is 6.07 Å². The molecule has 0 saturated carbocycles. The van der Waals surface area contributed by atoms with Crippen molar-refractivity contribution in [3.05, 3.63) is 33.8 Å². The minimum atomic E-state index is -0.332. The van der Waals surface area contributed by atoms with Crippen molar-refractivity contribution < 1.29 is 14.3 Å². The molecule has 0 aromatic heterocycles. The highest BCUT2D eigenvalue weighted by molar-refractivity contribution is 6.35. The average Bonchev–Trinajstić information content (AvgIpc) is 2.56. The Labute approximate surface area is 145 Å². The minimum absolute atomic E-state index is 0.0274. The van der Waals surface area contributed by atoms with Crippen molar-refractivity contribution in [3.63, 3.8) is 0 Å². The molecule has 0 unspecified atom stereocenters. The van der Waals surface area contributed by atoms with Crippen molar-refractivity contribution in [1.82, 2.24) is 10.2 Å². The summed E-state index contributed by atoms with van der Waals surface area (Å²) in [5, 5.41) is 4.14. The lowest BCUT2D eigenvalue weighted by atomic mass is 9.96. The molecule has 0 spiro atoms. The van der Waals surface area contributed by atoms with E-state index in [0.717, 1.165) is 5.56 Å². The first kappa shape index (κ1) is 17.9. The van der Waals surface area contributed by atoms with Gasteiger partial charge in [-0.25, -0.2) is 4.79 Å². The van der Waals surface area contributed by atoms with Crippen molar-refractivity contribution in [1.29, 1.82) is 0 Å². The minimum Gasteiger partial charge on any atom is -0.453 e. The molecule has 2 amide bonds. The number of likely N-dealkylation sites (tertiary alicyclic amines) is 1. The third kappa shape index (κ3) is 5.01. The first-order valence-corrected chi connectivity index (χ1v) is 8.31. The van der Waals surface area contributed by atoms with E-state index in [9.17, 15) is 9.59 Å². The number of carbonyl (C=O) groups excluding carboxylic acids is 2. The molecule has 7 heteroatoms. The van der Waals surface area contributed by atoms with E-state index in [0.29, 0.717) is 48.9 Å². The van der Waals surface area contributed by atoms with Crippen LogP contribution in [0.3, 0.4) is 0 Å². The van der Waals surface area contributed by atoms with Crippen molar-refractivity contribution in [2.24, 2.45) is 5.92 Å². The molecule has 126 valence electrons. The van der Waals surface area contributed by atoms with E-state index >= 15 is 0 Å². The number of methoxy groups -OCH3 is 1. The Morgan fingerprint density at radius 3 is 2.61 bits per heavy atom. The molecule has 1 aromatic carbocycles. The zero-order valence-electron chi connectivity index (χ0n) is 13.0. The fraction of sp³-hybridized carbons (Fsp3) is 0.500. The van der Waals surface area contributed by atoms with Crippen LogP contribution in [0.25, 0.3) is 0 Å². The summed E-state index contributed by atoms with van der Waals surface area (Å²) in [6, 6.07) is 5.35. The molecule has 0 aliphatic carbocycles. The fourth-order valence-corrected chi connectivity index (χ4v) is 3.15. The molecule has 1 saturated heterocycles. The summed E-state index contributed by atoms with van der Waals surface area (Å²) < 4.78 is 4.68. The second-order valence-electron chi connectivity index (χ2n) is 5.51. The van der Waals surface area contributed by atoms with Crippen LogP contribution in [-0.2, 0) is 16.0 Å². The van der Waals surface area contributed by atoms with E-state index in [1.165, 1.54) is 7.11 Å². The number of carbonyl (C=O) groups is 2. The molecule has 1 aromatic rings. The Bertz CT molecular complexity index is 572. The van der Waals surface area contributed by atoms with Crippen molar-refractivity contribution >= 4 is 35.2 Å². The number of hydrogen-bond acceptors (Lipinski definition) is 3. The maximum atomic E-state index is 12.2. The third-order valence-corrected chi connectivity index (χ3v) is 4.59. The quantitative estimate of drug-likeness (QED) is 0.899. The highest BCUT2D eigenvalue weighted by Crippen LogP contribution is 2.21. The summed E-state index contributed by atoms with van der Waals surface area (Å²) in [6.07, 6.45) is 1.63. The van der Waals surface area contributed by atoms with Crippen LogP contribution >= 0.6 is 23.2 Å². The second kappa shape index (κ2) is 8.41. The van der Waals surface area contributed by atoms with Crippen LogP contribution in [0, 0.1) is 5.92 Å². The van der Waals surface area contributed by atoms with Gasteiger partial charge in [0.2, 0.25) is 5.91 Å². The van der Waals surface area contributed by atoms with Gasteiger partial charge >= 0.3 is 6.09 Å². The molecule has 1 fully saturated rings. The van der Waals surface area contributed by atoms with Crippen LogP contribution in [-0.4, -0.2) is 43.6 Å². The molecule has 23 heavy (non-hydrogen) atoms. The molecule has 2 rings (SSSR count). The van der Waals surface area contributed by atoms with Crippen LogP contribution in [0.5, 0.6) is 0 Å². The first-order valence-electron chi connectivity index (χ1n) is 7.55. The highest BCUT2D eigenvalue weighted by atomic mass is 35.5. The molecule has 0 bridgehead atoms. The van der Waals surface area contributed by atoms with E-state index in [4.69, 9.17) is 23.2 Å². The average molecular weight is 359 g/mol. The number of rotatable bonds is 4. The Hall–Kier alpha value is -1.46. The third-order valence-electron chi connectivity index (χ3n) is 4.01. The van der Waals surface area contributed by atoms with Crippen LogP contribution in [0.2, 0.25) is 10.0 Å². The van der Waals surface area contributed by atoms with Gasteiger partial charge in [0.1, 0.15) is 0 Å². The molecule has 0 atom stereocenters. The summed E-state index contributed by atoms with van der Waals surface area (Å²) in [4.78, 5) is 25.2. The molecule has 5 nitrogen and oxygen atoms in total. The van der Waals surface area contributed by atoms with Gasteiger partial charge in [-0.2, -0.15) is 0 Å². The number of benzene rings is 1. The van der Waals surface area contributed by atoms with Crippen LogP contribution in [0.1, 0.15) is 18.4 Å². The Kier molecular flexibility index (Phi) is 6.54. The maximum Gasteiger partial charge on any atom is 0.409 e. The van der Waals surface area contributed by atoms with Crippen molar-refractivity contribution in [2.45, 2.75) is 19.3 Å². The van der Waals surface area contributed by atoms with Gasteiger partial charge in [0, 0.05) is 35.6 Å². The molecule has 1 heterocycles. The molecular formula is C16H20Cl2N2O3. The largest absolute Gasteiger partial charge is 0.453 e. The van der Waals surface area contributed by atoms with Gasteiger partial charge in [-0.1, -0.05) is 29.3 Å².